The van der Waals surface area contributed by atoms with E-state index in [-0.39, 0.29) is 16.1 Å². The Morgan fingerprint density at radius 3 is 2.38 bits per heavy atom. The van der Waals surface area contributed by atoms with Crippen molar-refractivity contribution in [3.8, 4) is 6.07 Å². The monoisotopic (exact) mass is 309 g/mol. The van der Waals surface area contributed by atoms with Gasteiger partial charge in [-0.25, -0.2) is 13.2 Å². The summed E-state index contributed by atoms with van der Waals surface area (Å²) in [5, 5.41) is 9.03. The Labute approximate surface area is 123 Å². The van der Waals surface area contributed by atoms with Crippen molar-refractivity contribution in [3.05, 3.63) is 70.0 Å². The van der Waals surface area contributed by atoms with Crippen molar-refractivity contribution in [2.75, 3.05) is 0 Å². The highest BCUT2D eigenvalue weighted by Crippen LogP contribution is 2.30. The molecule has 0 amide bonds. The number of carbonyl (C=O) groups excluding carboxylic acids is 1. The summed E-state index contributed by atoms with van der Waals surface area (Å²) in [7, 11) is 0. The van der Waals surface area contributed by atoms with E-state index in [1.165, 1.54) is 12.1 Å². The predicted molar refractivity (Wildman–Crippen MR) is 70.5 cm³/mol. The van der Waals surface area contributed by atoms with Gasteiger partial charge in [-0.05, 0) is 30.3 Å². The van der Waals surface area contributed by atoms with Crippen LogP contribution in [0.2, 0.25) is 5.02 Å². The molecule has 0 heterocycles. The lowest BCUT2D eigenvalue weighted by Gasteiger charge is -2.11. The van der Waals surface area contributed by atoms with Crippen LogP contribution in [0.3, 0.4) is 0 Å². The molecule has 2 nitrogen and oxygen atoms in total. The summed E-state index contributed by atoms with van der Waals surface area (Å²) in [4.78, 5) is 12.2. The first-order chi connectivity index (χ1) is 9.95. The second-order valence-corrected chi connectivity index (χ2v) is 4.60. The molecule has 1 atom stereocenters. The van der Waals surface area contributed by atoms with Gasteiger partial charge in [-0.15, -0.1) is 0 Å². The van der Waals surface area contributed by atoms with Crippen LogP contribution in [0.4, 0.5) is 13.2 Å². The molecule has 0 radical (unpaired) electrons. The Balaban J connectivity index is 2.49. The number of rotatable bonds is 3. The van der Waals surface area contributed by atoms with E-state index >= 15 is 0 Å². The van der Waals surface area contributed by atoms with Crippen LogP contribution >= 0.6 is 11.6 Å². The van der Waals surface area contributed by atoms with Crippen LogP contribution < -0.4 is 0 Å². The first-order valence-electron chi connectivity index (χ1n) is 5.78. The Morgan fingerprint density at radius 2 is 1.81 bits per heavy atom. The maximum atomic E-state index is 13.8. The molecule has 0 fully saturated rings. The topological polar surface area (TPSA) is 40.9 Å². The summed E-state index contributed by atoms with van der Waals surface area (Å²) in [6.45, 7) is 0. The molecule has 1 unspecified atom stereocenters. The van der Waals surface area contributed by atoms with Gasteiger partial charge in [0.2, 0.25) is 0 Å². The maximum Gasteiger partial charge on any atom is 0.184 e. The number of nitriles is 1. The maximum absolute atomic E-state index is 13.8. The van der Waals surface area contributed by atoms with Crippen LogP contribution in [0.5, 0.6) is 0 Å². The number of Topliss-reactive ketones (excluding diaryl/α,β-unsaturated/α-hetero) is 1. The van der Waals surface area contributed by atoms with E-state index in [0.717, 1.165) is 18.2 Å². The molecular weight excluding hydrogens is 303 g/mol. The van der Waals surface area contributed by atoms with Crippen LogP contribution in [0.15, 0.2) is 36.4 Å². The van der Waals surface area contributed by atoms with Gasteiger partial charge in [-0.1, -0.05) is 17.7 Å². The van der Waals surface area contributed by atoms with Gasteiger partial charge in [-0.2, -0.15) is 5.26 Å². The highest BCUT2D eigenvalue weighted by atomic mass is 35.5. The molecule has 21 heavy (non-hydrogen) atoms. The second kappa shape index (κ2) is 5.98. The van der Waals surface area contributed by atoms with E-state index in [4.69, 9.17) is 16.9 Å². The van der Waals surface area contributed by atoms with Crippen molar-refractivity contribution < 1.29 is 18.0 Å². The van der Waals surface area contributed by atoms with E-state index in [1.807, 2.05) is 0 Å². The minimum absolute atomic E-state index is 0.0857. The fraction of sp³-hybridized carbons (Fsp3) is 0.0667. The smallest absolute Gasteiger partial charge is 0.184 e. The third-order valence-electron chi connectivity index (χ3n) is 2.88. The molecule has 0 aliphatic carbocycles. The minimum Gasteiger partial charge on any atom is -0.292 e. The molecule has 0 aliphatic rings. The lowest BCUT2D eigenvalue weighted by Crippen LogP contribution is -2.14. The average molecular weight is 310 g/mol. The number of carbonyl (C=O) groups is 1. The van der Waals surface area contributed by atoms with Crippen LogP contribution in [0.25, 0.3) is 0 Å². The molecule has 0 saturated carbocycles. The van der Waals surface area contributed by atoms with Gasteiger partial charge in [0, 0.05) is 16.1 Å². The summed E-state index contributed by atoms with van der Waals surface area (Å²) < 4.78 is 39.8. The number of hydrogen-bond acceptors (Lipinski definition) is 2. The van der Waals surface area contributed by atoms with Crippen LogP contribution in [0.1, 0.15) is 21.8 Å². The lowest BCUT2D eigenvalue weighted by molar-refractivity contribution is 0.0977. The Kier molecular flexibility index (Phi) is 4.29. The van der Waals surface area contributed by atoms with E-state index in [0.29, 0.717) is 6.07 Å². The molecular formula is C15H7ClF3NO. The summed E-state index contributed by atoms with van der Waals surface area (Å²) in [6.07, 6.45) is 0. The van der Waals surface area contributed by atoms with E-state index in [1.54, 1.807) is 6.07 Å². The number of nitrogens with zero attached hydrogens (tertiary/aromatic N) is 1. The van der Waals surface area contributed by atoms with Gasteiger partial charge in [0.05, 0.1) is 6.07 Å². The molecule has 106 valence electrons. The highest BCUT2D eigenvalue weighted by Gasteiger charge is 2.27. The third kappa shape index (κ3) is 2.91. The molecule has 2 aromatic carbocycles. The quantitative estimate of drug-likeness (QED) is 0.795. The molecule has 2 aromatic rings. The SMILES string of the molecule is N#CC(C(=O)c1ccc(F)c(F)c1)c1c(F)cccc1Cl. The van der Waals surface area contributed by atoms with Crippen LogP contribution in [0, 0.1) is 28.8 Å². The van der Waals surface area contributed by atoms with Gasteiger partial charge in [-0.3, -0.25) is 4.79 Å². The minimum atomic E-state index is -1.54. The van der Waals surface area contributed by atoms with Crippen molar-refractivity contribution in [2.45, 2.75) is 5.92 Å². The Bertz CT molecular complexity index is 735. The Morgan fingerprint density at radius 1 is 1.10 bits per heavy atom. The van der Waals surface area contributed by atoms with Crippen LogP contribution in [-0.4, -0.2) is 5.78 Å². The van der Waals surface area contributed by atoms with Gasteiger partial charge in [0.25, 0.3) is 0 Å². The molecule has 0 bridgehead atoms. The summed E-state index contributed by atoms with van der Waals surface area (Å²) in [6, 6.07) is 7.82. The van der Waals surface area contributed by atoms with Crippen molar-refractivity contribution in [1.29, 1.82) is 5.26 Å². The van der Waals surface area contributed by atoms with Gasteiger partial charge >= 0.3 is 0 Å². The normalized spacial score (nSPS) is 11.8. The van der Waals surface area contributed by atoms with E-state index in [9.17, 15) is 18.0 Å². The fourth-order valence-electron chi connectivity index (χ4n) is 1.86. The summed E-state index contributed by atoms with van der Waals surface area (Å²) >= 11 is 5.81. The van der Waals surface area contributed by atoms with Gasteiger partial charge in [0.15, 0.2) is 17.4 Å². The zero-order valence-corrected chi connectivity index (χ0v) is 11.2. The van der Waals surface area contributed by atoms with Crippen molar-refractivity contribution in [3.63, 3.8) is 0 Å². The number of hydrogen-bond donors (Lipinski definition) is 0. The largest absolute Gasteiger partial charge is 0.292 e. The van der Waals surface area contributed by atoms with Crippen LogP contribution in [-0.2, 0) is 0 Å². The molecule has 0 aromatic heterocycles. The number of benzene rings is 2. The highest BCUT2D eigenvalue weighted by molar-refractivity contribution is 6.31. The zero-order valence-electron chi connectivity index (χ0n) is 10.4. The number of ketones is 1. The molecule has 0 aliphatic heterocycles. The molecule has 0 saturated heterocycles. The average Bonchev–Trinajstić information content (AvgIpc) is 2.45. The lowest BCUT2D eigenvalue weighted by atomic mass is 9.91. The van der Waals surface area contributed by atoms with Crippen molar-refractivity contribution >= 4 is 17.4 Å². The van der Waals surface area contributed by atoms with Gasteiger partial charge < -0.3 is 0 Å². The first kappa shape index (κ1) is 15.1. The van der Waals surface area contributed by atoms with Gasteiger partial charge in [0.1, 0.15) is 11.7 Å². The molecule has 0 spiro atoms. The third-order valence-corrected chi connectivity index (χ3v) is 3.21. The van der Waals surface area contributed by atoms with Crippen molar-refractivity contribution in [1.82, 2.24) is 0 Å². The van der Waals surface area contributed by atoms with E-state index in [2.05, 4.69) is 0 Å². The Hall–Kier alpha value is -2.32. The summed E-state index contributed by atoms with van der Waals surface area (Å²) in [5.74, 6) is -5.56. The zero-order chi connectivity index (χ0) is 15.6. The second-order valence-electron chi connectivity index (χ2n) is 4.19. The standard InChI is InChI=1S/C15H7ClF3NO/c16-10-2-1-3-12(18)14(10)9(7-20)15(21)8-4-5-11(17)13(19)6-8/h1-6,9H. The summed E-state index contributed by atoms with van der Waals surface area (Å²) in [5.41, 5.74) is -0.517. The first-order valence-corrected chi connectivity index (χ1v) is 6.16. The molecule has 2 rings (SSSR count). The van der Waals surface area contributed by atoms with Crippen molar-refractivity contribution in [2.24, 2.45) is 0 Å². The molecule has 6 heteroatoms. The number of halogens is 4. The fourth-order valence-corrected chi connectivity index (χ4v) is 2.13. The molecule has 0 N–H and O–H groups in total. The van der Waals surface area contributed by atoms with E-state index < -0.39 is 29.2 Å². The predicted octanol–water partition coefficient (Wildman–Crippen LogP) is 4.25.